The second-order valence-corrected chi connectivity index (χ2v) is 4.24. The Morgan fingerprint density at radius 2 is 2.24 bits per heavy atom. The number of ether oxygens (including phenoxy) is 1. The topological polar surface area (TPSA) is 65.2 Å². The lowest BCUT2D eigenvalue weighted by Gasteiger charge is -2.15. The van der Waals surface area contributed by atoms with E-state index in [9.17, 15) is 9.18 Å². The summed E-state index contributed by atoms with van der Waals surface area (Å²) in [4.78, 5) is 15.1. The number of amides is 1. The summed E-state index contributed by atoms with van der Waals surface area (Å²) in [5, 5.41) is 0. The van der Waals surface area contributed by atoms with Crippen LogP contribution in [0.3, 0.4) is 0 Å². The van der Waals surface area contributed by atoms with Crippen LogP contribution in [0.15, 0.2) is 24.0 Å². The van der Waals surface area contributed by atoms with Gasteiger partial charge in [-0.3, -0.25) is 9.78 Å². The van der Waals surface area contributed by atoms with Crippen LogP contribution in [-0.4, -0.2) is 23.1 Å². The molecule has 1 aromatic rings. The molecule has 2 bridgehead atoms. The first kappa shape index (κ1) is 10.4. The lowest BCUT2D eigenvalue weighted by molar-refractivity contribution is -0.115. The maximum absolute atomic E-state index is 13.7. The maximum Gasteiger partial charge on any atom is 0.247 e. The summed E-state index contributed by atoms with van der Waals surface area (Å²) in [5.41, 5.74) is 6.75. The van der Waals surface area contributed by atoms with Crippen LogP contribution >= 0.6 is 0 Å². The predicted molar refractivity (Wildman–Crippen MR) is 58.2 cm³/mol. The van der Waals surface area contributed by atoms with E-state index >= 15 is 0 Å². The Kier molecular flexibility index (Phi) is 2.22. The molecular formula is C12H11FN2O2. The van der Waals surface area contributed by atoms with Gasteiger partial charge in [-0.25, -0.2) is 4.39 Å². The Morgan fingerprint density at radius 1 is 1.47 bits per heavy atom. The number of carbonyl (C=O) groups excluding carboxylic acids is 1. The number of carbonyl (C=O) groups is 1. The highest BCUT2D eigenvalue weighted by Crippen LogP contribution is 2.44. The third-order valence-electron chi connectivity index (χ3n) is 3.28. The van der Waals surface area contributed by atoms with E-state index in [-0.39, 0.29) is 12.2 Å². The summed E-state index contributed by atoms with van der Waals surface area (Å²) in [5.74, 6) is -0.971. The maximum atomic E-state index is 13.7. The molecule has 1 amide bonds. The normalized spacial score (nSPS) is 26.6. The number of hydrogen-bond acceptors (Lipinski definition) is 3. The van der Waals surface area contributed by atoms with E-state index in [1.54, 1.807) is 6.07 Å². The molecule has 2 aliphatic rings. The molecule has 0 radical (unpaired) electrons. The predicted octanol–water partition coefficient (Wildman–Crippen LogP) is 1.02. The van der Waals surface area contributed by atoms with Crippen LogP contribution in [0, 0.1) is 5.82 Å². The monoisotopic (exact) mass is 234 g/mol. The van der Waals surface area contributed by atoms with E-state index in [1.807, 2.05) is 0 Å². The quantitative estimate of drug-likeness (QED) is 0.830. The van der Waals surface area contributed by atoms with Crippen LogP contribution in [-0.2, 0) is 9.53 Å². The van der Waals surface area contributed by atoms with Crippen molar-refractivity contribution in [1.29, 1.82) is 0 Å². The van der Waals surface area contributed by atoms with Crippen LogP contribution in [0.5, 0.6) is 0 Å². The summed E-state index contributed by atoms with van der Waals surface area (Å²) >= 11 is 0. The molecule has 2 aliphatic heterocycles. The molecule has 2 N–H and O–H groups in total. The molecule has 3 rings (SSSR count). The van der Waals surface area contributed by atoms with Crippen LogP contribution in [0.2, 0.25) is 0 Å². The molecule has 0 saturated carbocycles. The molecule has 5 heteroatoms. The highest BCUT2D eigenvalue weighted by atomic mass is 19.1. The zero-order valence-electron chi connectivity index (χ0n) is 9.02. The van der Waals surface area contributed by atoms with Crippen LogP contribution < -0.4 is 5.73 Å². The van der Waals surface area contributed by atoms with E-state index in [0.29, 0.717) is 16.7 Å². The first-order valence-corrected chi connectivity index (χ1v) is 5.47. The van der Waals surface area contributed by atoms with Crippen LogP contribution in [0.4, 0.5) is 4.39 Å². The fourth-order valence-corrected chi connectivity index (χ4v) is 2.61. The second kappa shape index (κ2) is 3.63. The molecule has 0 aliphatic carbocycles. The number of pyridine rings is 1. The van der Waals surface area contributed by atoms with Crippen molar-refractivity contribution >= 4 is 11.5 Å². The third kappa shape index (κ3) is 1.46. The Hall–Kier alpha value is -1.75. The highest BCUT2D eigenvalue weighted by molar-refractivity contribution is 6.03. The van der Waals surface area contributed by atoms with Crippen LogP contribution in [0.1, 0.15) is 18.4 Å². The lowest BCUT2D eigenvalue weighted by Crippen LogP contribution is -2.23. The highest BCUT2D eigenvalue weighted by Gasteiger charge is 2.43. The van der Waals surface area contributed by atoms with Gasteiger partial charge in [0.15, 0.2) is 0 Å². The van der Waals surface area contributed by atoms with Gasteiger partial charge in [0.05, 0.1) is 24.0 Å². The van der Waals surface area contributed by atoms with Crippen molar-refractivity contribution in [2.24, 2.45) is 5.73 Å². The Labute approximate surface area is 97.3 Å². The Morgan fingerprint density at radius 3 is 2.94 bits per heavy atom. The molecule has 2 atom stereocenters. The molecular weight excluding hydrogens is 223 g/mol. The van der Waals surface area contributed by atoms with Crippen molar-refractivity contribution in [1.82, 2.24) is 4.98 Å². The van der Waals surface area contributed by atoms with E-state index in [2.05, 4.69) is 4.98 Å². The van der Waals surface area contributed by atoms with Gasteiger partial charge in [0, 0.05) is 17.3 Å². The van der Waals surface area contributed by atoms with E-state index in [0.717, 1.165) is 19.0 Å². The molecule has 0 spiro atoms. The number of fused-ring (bicyclic) bond motifs is 2. The minimum Gasteiger partial charge on any atom is -0.366 e. The molecule has 17 heavy (non-hydrogen) atoms. The van der Waals surface area contributed by atoms with Crippen molar-refractivity contribution in [2.45, 2.75) is 25.0 Å². The number of nitrogens with two attached hydrogens (primary N) is 1. The van der Waals surface area contributed by atoms with E-state index in [4.69, 9.17) is 10.5 Å². The van der Waals surface area contributed by atoms with Gasteiger partial charge in [-0.05, 0) is 18.9 Å². The Balaban J connectivity index is 2.18. The van der Waals surface area contributed by atoms with Crippen LogP contribution in [0.25, 0.3) is 5.57 Å². The van der Waals surface area contributed by atoms with Gasteiger partial charge in [0.1, 0.15) is 5.82 Å². The zero-order valence-corrected chi connectivity index (χ0v) is 9.02. The fourth-order valence-electron chi connectivity index (χ4n) is 2.61. The van der Waals surface area contributed by atoms with Crippen molar-refractivity contribution in [3.8, 4) is 0 Å². The van der Waals surface area contributed by atoms with Gasteiger partial charge in [-0.1, -0.05) is 0 Å². The number of nitrogens with zero attached hydrogens (tertiary/aromatic N) is 1. The fraction of sp³-hybridized carbons (Fsp3) is 0.333. The van der Waals surface area contributed by atoms with E-state index < -0.39 is 11.7 Å². The molecule has 0 aromatic carbocycles. The first-order chi connectivity index (χ1) is 8.18. The third-order valence-corrected chi connectivity index (χ3v) is 3.28. The molecule has 1 saturated heterocycles. The van der Waals surface area contributed by atoms with Crippen molar-refractivity contribution in [3.63, 3.8) is 0 Å². The van der Waals surface area contributed by atoms with E-state index in [1.165, 1.54) is 6.20 Å². The average molecular weight is 234 g/mol. The largest absolute Gasteiger partial charge is 0.366 e. The molecule has 88 valence electrons. The van der Waals surface area contributed by atoms with Crippen molar-refractivity contribution in [3.05, 3.63) is 35.4 Å². The van der Waals surface area contributed by atoms with Gasteiger partial charge in [-0.2, -0.15) is 0 Å². The SMILES string of the molecule is NC(=O)C1=C(c2ccncc2F)C2CCC1O2. The molecule has 1 fully saturated rings. The Bertz CT molecular complexity index is 527. The number of rotatable bonds is 2. The first-order valence-electron chi connectivity index (χ1n) is 5.47. The minimum atomic E-state index is -0.525. The van der Waals surface area contributed by atoms with Gasteiger partial charge in [0.25, 0.3) is 0 Å². The summed E-state index contributed by atoms with van der Waals surface area (Å²) in [7, 11) is 0. The number of aromatic nitrogens is 1. The molecule has 2 unspecified atom stereocenters. The molecule has 4 nitrogen and oxygen atoms in total. The van der Waals surface area contributed by atoms with Crippen molar-refractivity contribution < 1.29 is 13.9 Å². The zero-order chi connectivity index (χ0) is 12.0. The number of halogens is 1. The van der Waals surface area contributed by atoms with Gasteiger partial charge >= 0.3 is 0 Å². The average Bonchev–Trinajstić information content (AvgIpc) is 2.89. The summed E-state index contributed by atoms with van der Waals surface area (Å²) < 4.78 is 19.3. The number of hydrogen-bond donors (Lipinski definition) is 1. The van der Waals surface area contributed by atoms with Crippen molar-refractivity contribution in [2.75, 3.05) is 0 Å². The minimum absolute atomic E-state index is 0.209. The van der Waals surface area contributed by atoms with Gasteiger partial charge < -0.3 is 10.5 Å². The molecule has 3 heterocycles. The summed E-state index contributed by atoms with van der Waals surface area (Å²) in [6, 6.07) is 1.55. The van der Waals surface area contributed by atoms with Gasteiger partial charge in [-0.15, -0.1) is 0 Å². The van der Waals surface area contributed by atoms with Gasteiger partial charge in [0.2, 0.25) is 5.91 Å². The lowest BCUT2D eigenvalue weighted by atomic mass is 9.87. The number of primary amides is 1. The second-order valence-electron chi connectivity index (χ2n) is 4.24. The molecule has 1 aromatic heterocycles. The summed E-state index contributed by atoms with van der Waals surface area (Å²) in [6.07, 6.45) is 3.74. The standard InChI is InChI=1S/C12H11FN2O2/c13-7-5-15-4-3-6(7)10-8-1-2-9(17-8)11(10)12(14)16/h3-5,8-9H,1-2H2,(H2,14,16). The summed E-state index contributed by atoms with van der Waals surface area (Å²) in [6.45, 7) is 0. The smallest absolute Gasteiger partial charge is 0.247 e.